The topological polar surface area (TPSA) is 314 Å². The number of methoxy groups -OCH3 is 3. The molecule has 4 aliphatic heterocycles. The summed E-state index contributed by atoms with van der Waals surface area (Å²) in [4.78, 5) is 12.9. The highest BCUT2D eigenvalue weighted by molar-refractivity contribution is 6.07. The summed E-state index contributed by atoms with van der Waals surface area (Å²) in [6, 6.07) is 2.83. The molecule has 6 rings (SSSR count). The van der Waals surface area contributed by atoms with Crippen LogP contribution in [0.3, 0.4) is 0 Å². The predicted octanol–water partition coefficient (Wildman–Crippen LogP) is -4.09. The Morgan fingerprint density at radius 2 is 1.19 bits per heavy atom. The number of Topliss-reactive ketones (excluding diaryl/α,β-unsaturated/α-hetero) is 1. The van der Waals surface area contributed by atoms with Gasteiger partial charge in [-0.25, -0.2) is 0 Å². The van der Waals surface area contributed by atoms with E-state index in [9.17, 15) is 50.8 Å². The Labute approximate surface area is 324 Å². The molecule has 15 atom stereocenters. The largest absolute Gasteiger partial charge is 0.496 e. The van der Waals surface area contributed by atoms with Crippen LogP contribution in [0.25, 0.3) is 6.08 Å². The molecule has 0 unspecified atom stereocenters. The smallest absolute Gasteiger partial charge is 0.261 e. The number of ether oxygens (including phenoxy) is 10. The minimum absolute atomic E-state index is 0.0400. The van der Waals surface area contributed by atoms with E-state index in [1.165, 1.54) is 58.6 Å². The number of hydrogen-bond donors (Lipinski definition) is 9. The summed E-state index contributed by atoms with van der Waals surface area (Å²) >= 11 is 0. The van der Waals surface area contributed by atoms with Crippen molar-refractivity contribution < 1.29 is 103 Å². The Hall–Kier alpha value is -3.91. The number of aliphatic hydroxyl groups excluding tert-OH is 9. The second-order valence-electron chi connectivity index (χ2n) is 13.7. The zero-order valence-electron chi connectivity index (χ0n) is 31.0. The van der Waals surface area contributed by atoms with Gasteiger partial charge in [-0.05, 0) is 25.2 Å². The van der Waals surface area contributed by atoms with E-state index >= 15 is 0 Å². The third-order valence-corrected chi connectivity index (χ3v) is 10.0. The first kappa shape index (κ1) is 42.7. The van der Waals surface area contributed by atoms with Crippen molar-refractivity contribution in [3.05, 3.63) is 58.5 Å². The van der Waals surface area contributed by atoms with Gasteiger partial charge in [-0.2, -0.15) is 0 Å². The highest BCUT2D eigenvalue weighted by Gasteiger charge is 2.49. The molecule has 5 aliphatic rings. The number of hydrogen-bond acceptors (Lipinski definition) is 20. The maximum absolute atomic E-state index is 12.9. The van der Waals surface area contributed by atoms with Gasteiger partial charge in [0, 0.05) is 17.7 Å². The Balaban J connectivity index is 1.38. The summed E-state index contributed by atoms with van der Waals surface area (Å²) in [6.07, 6.45) is -20.0. The van der Waals surface area contributed by atoms with Crippen molar-refractivity contribution in [2.75, 3.05) is 34.5 Å². The minimum Gasteiger partial charge on any atom is -0.496 e. The predicted molar refractivity (Wildman–Crippen MR) is 186 cm³/mol. The lowest BCUT2D eigenvalue weighted by Gasteiger charge is -2.42. The van der Waals surface area contributed by atoms with Crippen molar-refractivity contribution in [3.63, 3.8) is 0 Å². The molecule has 0 radical (unpaired) electrons. The molecule has 1 aliphatic carbocycles. The Morgan fingerprint density at radius 3 is 1.79 bits per heavy atom. The van der Waals surface area contributed by atoms with Crippen LogP contribution in [0, 0.1) is 0 Å². The molecular formula is C36H47O21+. The second kappa shape index (κ2) is 17.5. The molecule has 0 saturated carbocycles. The first-order chi connectivity index (χ1) is 27.1. The zero-order valence-corrected chi connectivity index (χ0v) is 31.0. The summed E-state index contributed by atoms with van der Waals surface area (Å²) < 4.78 is 57.0. The molecular weight excluding hydrogens is 768 g/mol. The maximum atomic E-state index is 12.9. The molecule has 1 aromatic rings. The van der Waals surface area contributed by atoms with Crippen LogP contribution in [0.15, 0.2) is 52.9 Å². The van der Waals surface area contributed by atoms with E-state index in [-0.39, 0.29) is 51.4 Å². The van der Waals surface area contributed by atoms with E-state index in [1.54, 1.807) is 0 Å². The number of allylic oxidation sites excluding steroid dienone is 3. The lowest BCUT2D eigenvalue weighted by atomic mass is 9.98. The molecule has 0 amide bonds. The van der Waals surface area contributed by atoms with Crippen molar-refractivity contribution in [2.45, 2.75) is 99.0 Å². The molecule has 4 heterocycles. The van der Waals surface area contributed by atoms with Crippen LogP contribution < -0.4 is 14.2 Å². The molecule has 0 bridgehead atoms. The standard InChI is InChI=1S/C36H46O21/c1-12-23(38)27(42)30(45)34(52-12)51-11-22-26(41)29(44)32(47)36(57-22)55-20-9-15-16(53-33(20)13-5-18(49-3)24(39)19(6-13)50-4)7-14(48-2)8-17(15)54-35-31(46)28(43)25(40)21(10-37)56-35/h5-9,12,21-23,25-32,34-38,40-47H,10-11H2,1-4H3/p+1/t12-,21+,22+,23-,25-,26-,27+,28-,29-,30+,31+,32+,34+,35+,36+/m0/s1. The molecule has 0 aromatic heterocycles. The van der Waals surface area contributed by atoms with Crippen molar-refractivity contribution in [1.29, 1.82) is 0 Å². The number of fused-ring (bicyclic) bond motifs is 1. The van der Waals surface area contributed by atoms with Crippen LogP contribution in [-0.2, 0) is 38.0 Å². The van der Waals surface area contributed by atoms with Gasteiger partial charge in [0.25, 0.3) is 5.78 Å². The Bertz CT molecular complexity index is 1730. The summed E-state index contributed by atoms with van der Waals surface area (Å²) in [7, 11) is 3.87. The van der Waals surface area contributed by atoms with Gasteiger partial charge >= 0.3 is 0 Å². The van der Waals surface area contributed by atoms with Crippen LogP contribution in [0.4, 0.5) is 0 Å². The summed E-state index contributed by atoms with van der Waals surface area (Å²) in [5.41, 5.74) is 0.229. The van der Waals surface area contributed by atoms with E-state index in [2.05, 4.69) is 0 Å². The number of carbonyl (C=O) groups excluding carboxylic acids is 1. The van der Waals surface area contributed by atoms with Gasteiger partial charge in [0.2, 0.25) is 12.6 Å². The highest BCUT2D eigenvalue weighted by atomic mass is 16.7. The van der Waals surface area contributed by atoms with Crippen molar-refractivity contribution in [3.8, 4) is 17.2 Å². The van der Waals surface area contributed by atoms with Crippen LogP contribution in [0.2, 0.25) is 0 Å². The van der Waals surface area contributed by atoms with E-state index in [1.807, 2.05) is 0 Å². The summed E-state index contributed by atoms with van der Waals surface area (Å²) in [5, 5.41) is 103. The average Bonchev–Trinajstić information content (AvgIpc) is 3.21. The molecule has 3 fully saturated rings. The lowest BCUT2D eigenvalue weighted by molar-refractivity contribution is -0.323. The highest BCUT2D eigenvalue weighted by Crippen LogP contribution is 2.44. The zero-order chi connectivity index (χ0) is 41.5. The van der Waals surface area contributed by atoms with Crippen molar-refractivity contribution in [1.82, 2.24) is 0 Å². The van der Waals surface area contributed by atoms with Crippen LogP contribution >= 0.6 is 0 Å². The minimum atomic E-state index is -1.92. The number of aliphatic hydroxyl groups is 9. The monoisotopic (exact) mass is 815 g/mol. The maximum Gasteiger partial charge on any atom is 0.261 e. The van der Waals surface area contributed by atoms with E-state index < -0.39 is 111 Å². The molecule has 3 saturated heterocycles. The molecule has 1 aromatic carbocycles. The van der Waals surface area contributed by atoms with E-state index in [4.69, 9.17) is 52.5 Å². The molecule has 0 spiro atoms. The van der Waals surface area contributed by atoms with Gasteiger partial charge in [-0.1, -0.05) is 0 Å². The number of carbonyl (C=O) groups is 1. The number of benzene rings is 1. The first-order valence-electron chi connectivity index (χ1n) is 17.7. The molecule has 316 valence electrons. The fourth-order valence-corrected chi connectivity index (χ4v) is 6.60. The SMILES string of the molecule is COC1=CC(=C2Oc3cc(OC)cc(O[C@@H]4O[C@H](C[OH2+])[C@H](O)[C@H](O)[C@H]4O)c3C=C2O[C@@H]2O[C@H](CO[C@@H]3O[C@@H](C)[C@H](O)[C@@H](O)[C@H]3O)[C@H](O)[C@H](O)[C@H]2O)C=C(OC)C1=O. The molecule has 11 N–H and O–H groups in total. The summed E-state index contributed by atoms with van der Waals surface area (Å²) in [5.74, 6) is -1.16. The third kappa shape index (κ3) is 8.35. The van der Waals surface area contributed by atoms with Crippen molar-refractivity contribution >= 4 is 11.9 Å². The fraction of sp³-hybridized carbons (Fsp3) is 0.583. The van der Waals surface area contributed by atoms with Gasteiger partial charge in [0.05, 0.1) is 39.6 Å². The van der Waals surface area contributed by atoms with Crippen LogP contribution in [-0.4, -0.2) is 184 Å². The normalized spacial score (nSPS) is 38.2. The Morgan fingerprint density at radius 1 is 0.632 bits per heavy atom. The molecule has 57 heavy (non-hydrogen) atoms. The van der Waals surface area contributed by atoms with Gasteiger partial charge in [0.1, 0.15) is 78.3 Å². The Kier molecular flexibility index (Phi) is 13.1. The quantitative estimate of drug-likeness (QED) is 0.0959. The van der Waals surface area contributed by atoms with Crippen LogP contribution in [0.5, 0.6) is 17.2 Å². The molecule has 21 heteroatoms. The van der Waals surface area contributed by atoms with Gasteiger partial charge in [-0.15, -0.1) is 0 Å². The lowest BCUT2D eigenvalue weighted by Crippen LogP contribution is -2.61. The van der Waals surface area contributed by atoms with Gasteiger partial charge in [0.15, 0.2) is 42.0 Å². The van der Waals surface area contributed by atoms with Crippen LogP contribution in [0.1, 0.15) is 12.5 Å². The first-order valence-corrected chi connectivity index (χ1v) is 17.7. The number of ketones is 1. The van der Waals surface area contributed by atoms with Gasteiger partial charge in [-0.3, -0.25) is 4.79 Å². The second-order valence-corrected chi connectivity index (χ2v) is 13.7. The van der Waals surface area contributed by atoms with Gasteiger partial charge < -0.3 is 98.4 Å². The summed E-state index contributed by atoms with van der Waals surface area (Å²) in [6.45, 7) is 0.370. The van der Waals surface area contributed by atoms with E-state index in [0.29, 0.717) is 0 Å². The van der Waals surface area contributed by atoms with E-state index in [0.717, 1.165) is 0 Å². The van der Waals surface area contributed by atoms with Crippen molar-refractivity contribution in [2.24, 2.45) is 0 Å². The average molecular weight is 816 g/mol. The number of rotatable bonds is 11. The fourth-order valence-electron chi connectivity index (χ4n) is 6.60. The molecule has 21 nitrogen and oxygen atoms in total. The third-order valence-electron chi connectivity index (χ3n) is 10.0.